The summed E-state index contributed by atoms with van der Waals surface area (Å²) < 4.78 is 12.8. The number of ether oxygens (including phenoxy) is 2. The topological polar surface area (TPSA) is 78.3 Å². The summed E-state index contributed by atoms with van der Waals surface area (Å²) in [4.78, 5) is 17.8. The van der Waals surface area contributed by atoms with E-state index in [-0.39, 0.29) is 5.78 Å². The molecule has 32 heavy (non-hydrogen) atoms. The molecule has 2 aromatic carbocycles. The molecule has 1 unspecified atom stereocenters. The molecule has 5 rings (SSSR count). The summed E-state index contributed by atoms with van der Waals surface area (Å²) in [6, 6.07) is 10.2. The lowest BCUT2D eigenvalue weighted by Gasteiger charge is -2.32. The average Bonchev–Trinajstić information content (AvgIpc) is 3.20. The minimum absolute atomic E-state index is 0.0841. The predicted molar refractivity (Wildman–Crippen MR) is 123 cm³/mol. The average molecular weight is 471 g/mol. The second-order valence-electron chi connectivity index (χ2n) is 7.63. The van der Waals surface area contributed by atoms with Crippen LogP contribution in [0.4, 0.5) is 5.95 Å². The van der Waals surface area contributed by atoms with Gasteiger partial charge in [0.25, 0.3) is 0 Å². The van der Waals surface area contributed by atoms with Crippen molar-refractivity contribution in [2.24, 2.45) is 0 Å². The van der Waals surface area contributed by atoms with Crippen LogP contribution in [0.5, 0.6) is 11.5 Å². The Labute approximate surface area is 195 Å². The lowest BCUT2D eigenvalue weighted by molar-refractivity contribution is -0.116. The molecule has 0 bridgehead atoms. The Hall–Kier alpha value is -3.03. The number of aromatic nitrogens is 3. The van der Waals surface area contributed by atoms with Crippen LogP contribution in [0.2, 0.25) is 10.0 Å². The molecule has 0 saturated heterocycles. The number of allylic oxidation sites excluding steroid dienone is 2. The highest BCUT2D eigenvalue weighted by Gasteiger charge is 2.38. The van der Waals surface area contributed by atoms with E-state index in [1.807, 2.05) is 18.2 Å². The molecule has 0 fully saturated rings. The highest BCUT2D eigenvalue weighted by atomic mass is 35.5. The van der Waals surface area contributed by atoms with E-state index in [0.717, 1.165) is 24.1 Å². The molecule has 9 heteroatoms. The van der Waals surface area contributed by atoms with Crippen LogP contribution in [0.3, 0.4) is 0 Å². The number of nitrogens with one attached hydrogen (secondary N) is 1. The number of methoxy groups -OCH3 is 2. The van der Waals surface area contributed by atoms with Gasteiger partial charge in [0.15, 0.2) is 11.6 Å². The van der Waals surface area contributed by atoms with E-state index in [1.54, 1.807) is 37.1 Å². The first-order chi connectivity index (χ1) is 15.5. The number of carbonyl (C=O) groups excluding carboxylic acids is 1. The third-order valence-corrected chi connectivity index (χ3v) is 6.32. The van der Waals surface area contributed by atoms with Gasteiger partial charge in [-0.05, 0) is 49.2 Å². The highest BCUT2D eigenvalue weighted by Crippen LogP contribution is 2.44. The smallest absolute Gasteiger partial charge is 0.226 e. The monoisotopic (exact) mass is 470 g/mol. The summed E-state index contributed by atoms with van der Waals surface area (Å²) >= 11 is 12.5. The van der Waals surface area contributed by atoms with Crippen LogP contribution in [0.15, 0.2) is 47.7 Å². The lowest BCUT2D eigenvalue weighted by atomic mass is 9.85. The van der Waals surface area contributed by atoms with Crippen LogP contribution >= 0.6 is 23.2 Å². The molecule has 2 aliphatic rings. The van der Waals surface area contributed by atoms with Crippen molar-refractivity contribution in [3.63, 3.8) is 0 Å². The first-order valence-electron chi connectivity index (χ1n) is 10.2. The van der Waals surface area contributed by atoms with Gasteiger partial charge in [0, 0.05) is 33.8 Å². The Morgan fingerprint density at radius 1 is 1.09 bits per heavy atom. The fourth-order valence-electron chi connectivity index (χ4n) is 4.28. The summed E-state index contributed by atoms with van der Waals surface area (Å²) in [7, 11) is 3.21. The second-order valence-corrected chi connectivity index (χ2v) is 8.48. The Balaban J connectivity index is 1.72. The zero-order valence-electron chi connectivity index (χ0n) is 17.5. The standard InChI is InChI=1S/C23H20Cl2N4O3/c1-31-13-7-9-19(32-2)15(11-13)21-20-17(4-3-5-18(20)30)26-23-27-22(28-29(21)23)14-8-6-12(24)10-16(14)25/h6-11,21H,3-5H2,1-2H3,(H,26,27,28). The van der Waals surface area contributed by atoms with Gasteiger partial charge in [-0.2, -0.15) is 4.98 Å². The van der Waals surface area contributed by atoms with E-state index in [9.17, 15) is 4.79 Å². The molecular weight excluding hydrogens is 451 g/mol. The van der Waals surface area contributed by atoms with Gasteiger partial charge in [0.1, 0.15) is 17.5 Å². The van der Waals surface area contributed by atoms with Crippen molar-refractivity contribution in [2.75, 3.05) is 19.5 Å². The van der Waals surface area contributed by atoms with Crippen LogP contribution in [-0.4, -0.2) is 34.8 Å². The van der Waals surface area contributed by atoms with Gasteiger partial charge in [0.2, 0.25) is 5.95 Å². The van der Waals surface area contributed by atoms with E-state index >= 15 is 0 Å². The summed E-state index contributed by atoms with van der Waals surface area (Å²) in [6.07, 6.45) is 2.04. The van der Waals surface area contributed by atoms with Crippen LogP contribution in [0.25, 0.3) is 11.4 Å². The van der Waals surface area contributed by atoms with Crippen LogP contribution in [-0.2, 0) is 4.79 Å². The Bertz CT molecular complexity index is 1270. The molecule has 3 aromatic rings. The normalized spacial score (nSPS) is 17.5. The molecule has 0 radical (unpaired) electrons. The number of ketones is 1. The maximum Gasteiger partial charge on any atom is 0.226 e. The fourth-order valence-corrected chi connectivity index (χ4v) is 4.77. The maximum absolute atomic E-state index is 13.1. The van der Waals surface area contributed by atoms with Gasteiger partial charge >= 0.3 is 0 Å². The summed E-state index contributed by atoms with van der Waals surface area (Å²) in [5.74, 6) is 2.35. The number of fused-ring (bicyclic) bond motifs is 1. The number of Topliss-reactive ketones (excluding diaryl/α,β-unsaturated/α-hetero) is 1. The number of carbonyl (C=O) groups is 1. The van der Waals surface area contributed by atoms with Crippen molar-refractivity contribution in [2.45, 2.75) is 25.3 Å². The predicted octanol–water partition coefficient (Wildman–Crippen LogP) is 5.29. The number of rotatable bonds is 4. The van der Waals surface area contributed by atoms with E-state index < -0.39 is 6.04 Å². The van der Waals surface area contributed by atoms with Gasteiger partial charge in [-0.3, -0.25) is 4.79 Å². The summed E-state index contributed by atoms with van der Waals surface area (Å²) in [6.45, 7) is 0. The molecule has 1 N–H and O–H groups in total. The highest BCUT2D eigenvalue weighted by molar-refractivity contribution is 6.36. The molecule has 1 aliphatic heterocycles. The Morgan fingerprint density at radius 2 is 1.94 bits per heavy atom. The molecule has 1 aromatic heterocycles. The SMILES string of the molecule is COc1ccc(OC)c(C2C3=C(CCCC3=O)Nc3nc(-c4ccc(Cl)cc4Cl)nn32)c1. The third-order valence-electron chi connectivity index (χ3n) is 5.77. The maximum atomic E-state index is 13.1. The van der Waals surface area contributed by atoms with Gasteiger partial charge in [-0.1, -0.05) is 23.2 Å². The second kappa shape index (κ2) is 8.15. The number of anilines is 1. The quantitative estimate of drug-likeness (QED) is 0.557. The number of benzene rings is 2. The van der Waals surface area contributed by atoms with E-state index in [0.29, 0.717) is 50.9 Å². The fraction of sp³-hybridized carbons (Fsp3) is 0.261. The number of halogens is 2. The van der Waals surface area contributed by atoms with E-state index in [2.05, 4.69) is 5.32 Å². The van der Waals surface area contributed by atoms with E-state index in [1.165, 1.54) is 0 Å². The molecule has 2 heterocycles. The molecule has 1 atom stereocenters. The minimum atomic E-state index is -0.508. The van der Waals surface area contributed by atoms with Gasteiger partial charge in [0.05, 0.1) is 19.2 Å². The first-order valence-corrected chi connectivity index (χ1v) is 10.9. The van der Waals surface area contributed by atoms with Crippen LogP contribution < -0.4 is 14.8 Å². The lowest BCUT2D eigenvalue weighted by Crippen LogP contribution is -2.31. The van der Waals surface area contributed by atoms with Crippen molar-refractivity contribution < 1.29 is 14.3 Å². The van der Waals surface area contributed by atoms with Crippen molar-refractivity contribution in [3.8, 4) is 22.9 Å². The molecule has 0 amide bonds. The zero-order valence-corrected chi connectivity index (χ0v) is 19.0. The zero-order chi connectivity index (χ0) is 22.4. The van der Waals surface area contributed by atoms with Crippen molar-refractivity contribution in [3.05, 3.63) is 63.3 Å². The van der Waals surface area contributed by atoms with Crippen molar-refractivity contribution >= 4 is 34.9 Å². The number of hydrogen-bond acceptors (Lipinski definition) is 6. The largest absolute Gasteiger partial charge is 0.497 e. The minimum Gasteiger partial charge on any atom is -0.497 e. The Morgan fingerprint density at radius 3 is 2.69 bits per heavy atom. The van der Waals surface area contributed by atoms with E-state index in [4.69, 9.17) is 42.8 Å². The van der Waals surface area contributed by atoms with Gasteiger partial charge in [-0.25, -0.2) is 4.68 Å². The third kappa shape index (κ3) is 3.42. The number of hydrogen-bond donors (Lipinski definition) is 1. The Kier molecular flexibility index (Phi) is 5.31. The van der Waals surface area contributed by atoms with Gasteiger partial charge < -0.3 is 14.8 Å². The molecule has 0 saturated carbocycles. The van der Waals surface area contributed by atoms with Crippen LogP contribution in [0, 0.1) is 0 Å². The van der Waals surface area contributed by atoms with Gasteiger partial charge in [-0.15, -0.1) is 5.10 Å². The van der Waals surface area contributed by atoms with Crippen molar-refractivity contribution in [1.29, 1.82) is 0 Å². The molecule has 7 nitrogen and oxygen atoms in total. The molecular formula is C23H20Cl2N4O3. The molecule has 0 spiro atoms. The molecule has 164 valence electrons. The van der Waals surface area contributed by atoms with Crippen molar-refractivity contribution in [1.82, 2.24) is 14.8 Å². The number of nitrogens with zero attached hydrogens (tertiary/aromatic N) is 3. The molecule has 1 aliphatic carbocycles. The summed E-state index contributed by atoms with van der Waals surface area (Å²) in [5, 5.41) is 9.06. The van der Waals surface area contributed by atoms with Crippen LogP contribution in [0.1, 0.15) is 30.9 Å². The first kappa shape index (κ1) is 20.8. The summed E-state index contributed by atoms with van der Waals surface area (Å²) in [5.41, 5.74) is 2.97.